The summed E-state index contributed by atoms with van der Waals surface area (Å²) < 4.78 is 20.6. The Balaban J connectivity index is 1.61. The fourth-order valence-corrected chi connectivity index (χ4v) is 3.30. The third kappa shape index (κ3) is 3.87. The molecule has 4 aromatic rings. The molecule has 1 N–H and O–H groups in total. The predicted octanol–water partition coefficient (Wildman–Crippen LogP) is 4.58. The van der Waals surface area contributed by atoms with Gasteiger partial charge in [0.05, 0.1) is 11.4 Å². The topological polar surface area (TPSA) is 69.0 Å². The van der Waals surface area contributed by atoms with Crippen LogP contribution in [0.1, 0.15) is 18.2 Å². The van der Waals surface area contributed by atoms with Gasteiger partial charge in [0.15, 0.2) is 11.8 Å². The van der Waals surface area contributed by atoms with Crippen LogP contribution in [0.5, 0.6) is 5.88 Å². The average molecular weight is 404 g/mol. The van der Waals surface area contributed by atoms with E-state index in [1.165, 1.54) is 24.3 Å². The molecule has 1 atom stereocenters. The smallest absolute Gasteiger partial charge is 0.265 e. The molecule has 0 bridgehead atoms. The Morgan fingerprint density at radius 2 is 1.80 bits per heavy atom. The molecule has 0 radical (unpaired) electrons. The summed E-state index contributed by atoms with van der Waals surface area (Å²) in [6.45, 7) is 5.54. The minimum absolute atomic E-state index is 0.332. The number of nitrogens with zero attached hydrogens (tertiary/aromatic N) is 3. The third-order valence-corrected chi connectivity index (χ3v) is 4.77. The molecule has 0 unspecified atom stereocenters. The van der Waals surface area contributed by atoms with Gasteiger partial charge in [0.1, 0.15) is 5.82 Å². The predicted molar refractivity (Wildman–Crippen MR) is 113 cm³/mol. The number of hydrogen-bond donors (Lipinski definition) is 1. The van der Waals surface area contributed by atoms with Crippen molar-refractivity contribution in [2.75, 3.05) is 5.32 Å². The lowest BCUT2D eigenvalue weighted by molar-refractivity contribution is -0.122. The van der Waals surface area contributed by atoms with Crippen LogP contribution in [0, 0.1) is 19.7 Å². The van der Waals surface area contributed by atoms with E-state index in [9.17, 15) is 9.18 Å². The second kappa shape index (κ2) is 7.94. The average Bonchev–Trinajstić information content (AvgIpc) is 3.07. The van der Waals surface area contributed by atoms with Crippen molar-refractivity contribution >= 4 is 22.6 Å². The van der Waals surface area contributed by atoms with Crippen molar-refractivity contribution in [1.82, 2.24) is 14.8 Å². The zero-order valence-corrected chi connectivity index (χ0v) is 16.9. The van der Waals surface area contributed by atoms with E-state index in [4.69, 9.17) is 4.74 Å². The summed E-state index contributed by atoms with van der Waals surface area (Å²) in [5.74, 6) is -0.386. The highest BCUT2D eigenvalue weighted by Gasteiger charge is 2.19. The number of fused-ring (bicyclic) bond motifs is 1. The van der Waals surface area contributed by atoms with Gasteiger partial charge in [-0.3, -0.25) is 4.79 Å². The Hall–Kier alpha value is -3.74. The van der Waals surface area contributed by atoms with Gasteiger partial charge in [0.2, 0.25) is 5.88 Å². The highest BCUT2D eigenvalue weighted by atomic mass is 19.1. The Morgan fingerprint density at radius 1 is 1.10 bits per heavy atom. The maximum absolute atomic E-state index is 13.0. The highest BCUT2D eigenvalue weighted by Crippen LogP contribution is 2.27. The van der Waals surface area contributed by atoms with E-state index in [1.807, 2.05) is 44.2 Å². The largest absolute Gasteiger partial charge is 0.464 e. The highest BCUT2D eigenvalue weighted by molar-refractivity contribution is 5.94. The minimum Gasteiger partial charge on any atom is -0.464 e. The molecule has 0 spiro atoms. The van der Waals surface area contributed by atoms with Crippen LogP contribution in [0.4, 0.5) is 10.1 Å². The number of aryl methyl sites for hydroxylation is 2. The first kappa shape index (κ1) is 19.6. The van der Waals surface area contributed by atoms with E-state index in [2.05, 4.69) is 15.4 Å². The lowest BCUT2D eigenvalue weighted by atomic mass is 10.1. The number of carbonyl (C=O) groups is 1. The Bertz CT molecular complexity index is 1200. The summed E-state index contributed by atoms with van der Waals surface area (Å²) in [5, 5.41) is 8.29. The molecule has 152 valence electrons. The molecule has 0 fully saturated rings. The van der Waals surface area contributed by atoms with Crippen molar-refractivity contribution in [3.8, 4) is 11.6 Å². The Kier molecular flexibility index (Phi) is 5.18. The fraction of sp³-hybridized carbons (Fsp3) is 0.174. The molecule has 30 heavy (non-hydrogen) atoms. The van der Waals surface area contributed by atoms with Crippen LogP contribution in [0.3, 0.4) is 0 Å². The van der Waals surface area contributed by atoms with Crippen molar-refractivity contribution in [1.29, 1.82) is 0 Å². The molecule has 2 aromatic carbocycles. The van der Waals surface area contributed by atoms with Crippen LogP contribution in [-0.4, -0.2) is 26.8 Å². The second-order valence-corrected chi connectivity index (χ2v) is 7.06. The summed E-state index contributed by atoms with van der Waals surface area (Å²) in [5.41, 5.74) is 3.88. The molecule has 1 amide bonds. The van der Waals surface area contributed by atoms with Gasteiger partial charge < -0.3 is 10.1 Å². The molecular formula is C23H21FN4O2. The number of ether oxygens (including phenoxy) is 1. The van der Waals surface area contributed by atoms with Gasteiger partial charge in [-0.2, -0.15) is 10.1 Å². The number of nitrogens with one attached hydrogen (secondary N) is 1. The van der Waals surface area contributed by atoms with Crippen LogP contribution in [0.2, 0.25) is 0 Å². The van der Waals surface area contributed by atoms with Crippen LogP contribution < -0.4 is 10.1 Å². The Morgan fingerprint density at radius 3 is 2.50 bits per heavy atom. The molecule has 0 aliphatic heterocycles. The quantitative estimate of drug-likeness (QED) is 0.529. The van der Waals surface area contributed by atoms with Crippen LogP contribution in [-0.2, 0) is 4.79 Å². The molecule has 0 saturated carbocycles. The second-order valence-electron chi connectivity index (χ2n) is 7.06. The standard InChI is InChI=1S/C23H21FN4O2/c1-14-13-20(30-16(3)23(29)25-18-11-9-17(24)10-12-18)26-22-21(14)15(2)27-28(22)19-7-5-4-6-8-19/h4-13,16H,1-3H3,(H,25,29)/t16-/m0/s1. The number of benzene rings is 2. The Labute approximate surface area is 173 Å². The number of hydrogen-bond acceptors (Lipinski definition) is 4. The summed E-state index contributed by atoms with van der Waals surface area (Å²) in [7, 11) is 0. The number of pyridine rings is 1. The number of rotatable bonds is 5. The number of amides is 1. The molecular weight excluding hydrogens is 383 g/mol. The summed E-state index contributed by atoms with van der Waals surface area (Å²) in [4.78, 5) is 17.1. The van der Waals surface area contributed by atoms with Crippen LogP contribution in [0.25, 0.3) is 16.7 Å². The van der Waals surface area contributed by atoms with E-state index in [1.54, 1.807) is 17.7 Å². The summed E-state index contributed by atoms with van der Waals surface area (Å²) in [6.07, 6.45) is -0.798. The first-order chi connectivity index (χ1) is 14.4. The summed E-state index contributed by atoms with van der Waals surface area (Å²) in [6, 6.07) is 17.1. The van der Waals surface area contributed by atoms with Crippen molar-refractivity contribution in [3.05, 3.63) is 77.7 Å². The zero-order chi connectivity index (χ0) is 21.3. The first-order valence-corrected chi connectivity index (χ1v) is 9.58. The lowest BCUT2D eigenvalue weighted by Crippen LogP contribution is -2.30. The van der Waals surface area contributed by atoms with E-state index < -0.39 is 6.10 Å². The number of aromatic nitrogens is 3. The number of anilines is 1. The molecule has 7 heteroatoms. The molecule has 2 heterocycles. The van der Waals surface area contributed by atoms with E-state index in [-0.39, 0.29) is 11.7 Å². The summed E-state index contributed by atoms with van der Waals surface area (Å²) >= 11 is 0. The van der Waals surface area contributed by atoms with Crippen LogP contribution >= 0.6 is 0 Å². The van der Waals surface area contributed by atoms with E-state index in [0.29, 0.717) is 17.2 Å². The molecule has 4 rings (SSSR count). The van der Waals surface area contributed by atoms with Gasteiger partial charge in [-0.05, 0) is 62.7 Å². The molecule has 0 aliphatic rings. The van der Waals surface area contributed by atoms with Gasteiger partial charge in [-0.25, -0.2) is 9.07 Å². The molecule has 6 nitrogen and oxygen atoms in total. The zero-order valence-electron chi connectivity index (χ0n) is 16.9. The fourth-order valence-electron chi connectivity index (χ4n) is 3.30. The van der Waals surface area contributed by atoms with E-state index >= 15 is 0 Å². The van der Waals surface area contributed by atoms with Gasteiger partial charge in [0, 0.05) is 17.1 Å². The SMILES string of the molecule is Cc1cc(O[C@@H](C)C(=O)Nc2ccc(F)cc2)nc2c1c(C)nn2-c1ccccc1. The maximum atomic E-state index is 13.0. The van der Waals surface area contributed by atoms with Gasteiger partial charge >= 0.3 is 0 Å². The number of halogens is 1. The lowest BCUT2D eigenvalue weighted by Gasteiger charge is -2.15. The molecule has 2 aromatic heterocycles. The molecule has 0 saturated heterocycles. The van der Waals surface area contributed by atoms with Gasteiger partial charge in [0.25, 0.3) is 5.91 Å². The van der Waals surface area contributed by atoms with Crippen molar-refractivity contribution in [3.63, 3.8) is 0 Å². The molecule has 0 aliphatic carbocycles. The minimum atomic E-state index is -0.798. The number of carbonyl (C=O) groups excluding carboxylic acids is 1. The van der Waals surface area contributed by atoms with Gasteiger partial charge in [-0.15, -0.1) is 0 Å². The number of para-hydroxylation sites is 1. The normalized spacial score (nSPS) is 12.0. The monoisotopic (exact) mass is 404 g/mol. The van der Waals surface area contributed by atoms with Crippen molar-refractivity contribution in [2.45, 2.75) is 26.9 Å². The van der Waals surface area contributed by atoms with Crippen LogP contribution in [0.15, 0.2) is 60.7 Å². The maximum Gasteiger partial charge on any atom is 0.265 e. The van der Waals surface area contributed by atoms with Gasteiger partial charge in [-0.1, -0.05) is 18.2 Å². The third-order valence-electron chi connectivity index (χ3n) is 4.77. The first-order valence-electron chi connectivity index (χ1n) is 9.58. The van der Waals surface area contributed by atoms with E-state index in [0.717, 1.165) is 22.3 Å². The van der Waals surface area contributed by atoms with Crippen molar-refractivity contribution in [2.24, 2.45) is 0 Å². The van der Waals surface area contributed by atoms with Crippen molar-refractivity contribution < 1.29 is 13.9 Å².